The summed E-state index contributed by atoms with van der Waals surface area (Å²) in [6.07, 6.45) is 1.80. The predicted molar refractivity (Wildman–Crippen MR) is 78.3 cm³/mol. The maximum atomic E-state index is 13.1. The van der Waals surface area contributed by atoms with Crippen LogP contribution in [0.15, 0.2) is 28.9 Å². The van der Waals surface area contributed by atoms with Crippen LogP contribution in [0, 0.1) is 5.82 Å². The van der Waals surface area contributed by atoms with Crippen molar-refractivity contribution >= 4 is 15.9 Å². The minimum atomic E-state index is -0.260. The SMILES string of the molecule is CC(C)(C)NCc1cn[nH]c1-c1ccc(F)cc1Br. The van der Waals surface area contributed by atoms with Gasteiger partial charge in [-0.2, -0.15) is 5.10 Å². The van der Waals surface area contributed by atoms with Crippen molar-refractivity contribution in [2.24, 2.45) is 0 Å². The maximum absolute atomic E-state index is 13.1. The molecule has 1 heterocycles. The predicted octanol–water partition coefficient (Wildman–Crippen LogP) is 3.87. The Morgan fingerprint density at radius 3 is 2.74 bits per heavy atom. The van der Waals surface area contributed by atoms with Crippen molar-refractivity contribution in [2.45, 2.75) is 32.9 Å². The summed E-state index contributed by atoms with van der Waals surface area (Å²) in [7, 11) is 0. The average Bonchev–Trinajstić information content (AvgIpc) is 2.73. The zero-order valence-corrected chi connectivity index (χ0v) is 12.8. The first kappa shape index (κ1) is 14.2. The van der Waals surface area contributed by atoms with Gasteiger partial charge in [0, 0.05) is 27.7 Å². The molecule has 3 nitrogen and oxygen atoms in total. The number of nitrogens with one attached hydrogen (secondary N) is 2. The summed E-state index contributed by atoms with van der Waals surface area (Å²) < 4.78 is 13.8. The topological polar surface area (TPSA) is 40.7 Å². The van der Waals surface area contributed by atoms with E-state index < -0.39 is 0 Å². The normalized spacial score (nSPS) is 11.8. The van der Waals surface area contributed by atoms with Crippen LogP contribution in [0.3, 0.4) is 0 Å². The molecule has 1 aromatic heterocycles. The van der Waals surface area contributed by atoms with Crippen LogP contribution in [0.4, 0.5) is 4.39 Å². The minimum absolute atomic E-state index is 0.0363. The largest absolute Gasteiger partial charge is 0.308 e. The quantitative estimate of drug-likeness (QED) is 0.899. The molecule has 0 saturated carbocycles. The van der Waals surface area contributed by atoms with Crippen molar-refractivity contribution in [1.82, 2.24) is 15.5 Å². The van der Waals surface area contributed by atoms with E-state index >= 15 is 0 Å². The fourth-order valence-electron chi connectivity index (χ4n) is 1.73. The molecule has 19 heavy (non-hydrogen) atoms. The van der Waals surface area contributed by atoms with E-state index in [1.165, 1.54) is 12.1 Å². The van der Waals surface area contributed by atoms with Gasteiger partial charge in [0.25, 0.3) is 0 Å². The van der Waals surface area contributed by atoms with Gasteiger partial charge in [0.2, 0.25) is 0 Å². The minimum Gasteiger partial charge on any atom is -0.308 e. The van der Waals surface area contributed by atoms with E-state index in [9.17, 15) is 4.39 Å². The molecule has 2 N–H and O–H groups in total. The van der Waals surface area contributed by atoms with E-state index in [1.54, 1.807) is 12.3 Å². The molecule has 5 heteroatoms. The number of nitrogens with zero attached hydrogens (tertiary/aromatic N) is 1. The fourth-order valence-corrected chi connectivity index (χ4v) is 2.28. The second kappa shape index (κ2) is 5.43. The van der Waals surface area contributed by atoms with Crippen molar-refractivity contribution < 1.29 is 4.39 Å². The molecule has 2 rings (SSSR count). The van der Waals surface area contributed by atoms with Crippen LogP contribution in [-0.4, -0.2) is 15.7 Å². The molecule has 0 atom stereocenters. The third-order valence-electron chi connectivity index (χ3n) is 2.73. The van der Waals surface area contributed by atoms with Gasteiger partial charge in [0.1, 0.15) is 5.82 Å². The van der Waals surface area contributed by atoms with Crippen LogP contribution in [0.25, 0.3) is 11.3 Å². The summed E-state index contributed by atoms with van der Waals surface area (Å²) in [6.45, 7) is 7.04. The van der Waals surface area contributed by atoms with Crippen LogP contribution >= 0.6 is 15.9 Å². The van der Waals surface area contributed by atoms with E-state index in [2.05, 4.69) is 52.2 Å². The molecular weight excluding hydrogens is 309 g/mol. The highest BCUT2D eigenvalue weighted by molar-refractivity contribution is 9.10. The summed E-state index contributed by atoms with van der Waals surface area (Å²) in [5.74, 6) is -0.260. The number of aromatic amines is 1. The van der Waals surface area contributed by atoms with Gasteiger partial charge in [-0.25, -0.2) is 4.39 Å². The summed E-state index contributed by atoms with van der Waals surface area (Å²) >= 11 is 3.39. The Kier molecular flexibility index (Phi) is 4.06. The second-order valence-corrected chi connectivity index (χ2v) is 6.35. The number of rotatable bonds is 3. The first-order valence-electron chi connectivity index (χ1n) is 6.09. The molecule has 0 spiro atoms. The van der Waals surface area contributed by atoms with Crippen LogP contribution in [0.5, 0.6) is 0 Å². The van der Waals surface area contributed by atoms with Gasteiger partial charge in [0.15, 0.2) is 0 Å². The lowest BCUT2D eigenvalue weighted by Crippen LogP contribution is -2.35. The van der Waals surface area contributed by atoms with Gasteiger partial charge in [-0.3, -0.25) is 5.10 Å². The summed E-state index contributed by atoms with van der Waals surface area (Å²) in [5.41, 5.74) is 2.91. The number of benzene rings is 1. The van der Waals surface area contributed by atoms with E-state index in [1.807, 2.05) is 0 Å². The molecule has 2 aromatic rings. The molecule has 1 aromatic carbocycles. The Bertz CT molecular complexity index is 572. The molecule has 0 aliphatic rings. The van der Waals surface area contributed by atoms with Crippen molar-refractivity contribution in [1.29, 1.82) is 0 Å². The molecule has 0 saturated heterocycles. The zero-order valence-electron chi connectivity index (χ0n) is 11.2. The smallest absolute Gasteiger partial charge is 0.124 e. The van der Waals surface area contributed by atoms with E-state index in [-0.39, 0.29) is 11.4 Å². The lowest BCUT2D eigenvalue weighted by atomic mass is 10.1. The number of hydrogen-bond donors (Lipinski definition) is 2. The number of H-pyrrole nitrogens is 1. The zero-order chi connectivity index (χ0) is 14.0. The summed E-state index contributed by atoms with van der Waals surface area (Å²) in [5, 5.41) is 10.5. The summed E-state index contributed by atoms with van der Waals surface area (Å²) in [6, 6.07) is 4.65. The van der Waals surface area contributed by atoms with E-state index in [0.29, 0.717) is 11.0 Å². The lowest BCUT2D eigenvalue weighted by molar-refractivity contribution is 0.424. The number of aromatic nitrogens is 2. The van der Waals surface area contributed by atoms with E-state index in [4.69, 9.17) is 0 Å². The maximum Gasteiger partial charge on any atom is 0.124 e. The van der Waals surface area contributed by atoms with Crippen molar-refractivity contribution in [3.05, 3.63) is 40.2 Å². The molecule has 0 aliphatic carbocycles. The molecule has 0 bridgehead atoms. The molecule has 0 amide bonds. The average molecular weight is 326 g/mol. The standard InChI is InChI=1S/C14H17BrFN3/c1-14(2,3)17-7-9-8-18-19-13(9)11-5-4-10(16)6-12(11)15/h4-6,8,17H,7H2,1-3H3,(H,18,19). The number of hydrogen-bond acceptors (Lipinski definition) is 2. The molecule has 0 unspecified atom stereocenters. The first-order chi connectivity index (χ1) is 8.87. The highest BCUT2D eigenvalue weighted by Gasteiger charge is 2.14. The third kappa shape index (κ3) is 3.64. The van der Waals surface area contributed by atoms with Crippen LogP contribution in [-0.2, 0) is 6.54 Å². The van der Waals surface area contributed by atoms with Crippen molar-refractivity contribution in [3.8, 4) is 11.3 Å². The van der Waals surface area contributed by atoms with Crippen LogP contribution in [0.1, 0.15) is 26.3 Å². The monoisotopic (exact) mass is 325 g/mol. The highest BCUT2D eigenvalue weighted by atomic mass is 79.9. The summed E-state index contributed by atoms with van der Waals surface area (Å²) in [4.78, 5) is 0. The van der Waals surface area contributed by atoms with Gasteiger partial charge < -0.3 is 5.32 Å². The van der Waals surface area contributed by atoms with Gasteiger partial charge in [-0.1, -0.05) is 0 Å². The molecule has 102 valence electrons. The molecule has 0 radical (unpaired) electrons. The number of halogens is 2. The lowest BCUT2D eigenvalue weighted by Gasteiger charge is -2.20. The van der Waals surface area contributed by atoms with Gasteiger partial charge in [0.05, 0.1) is 11.9 Å². The highest BCUT2D eigenvalue weighted by Crippen LogP contribution is 2.29. The Labute approximate surface area is 120 Å². The molecular formula is C14H17BrFN3. The fraction of sp³-hybridized carbons (Fsp3) is 0.357. The molecule has 0 fully saturated rings. The Morgan fingerprint density at radius 2 is 2.11 bits per heavy atom. The Hall–Kier alpha value is -1.20. The third-order valence-corrected chi connectivity index (χ3v) is 3.38. The van der Waals surface area contributed by atoms with Crippen LogP contribution < -0.4 is 5.32 Å². The van der Waals surface area contributed by atoms with Crippen molar-refractivity contribution in [2.75, 3.05) is 0 Å². The second-order valence-electron chi connectivity index (χ2n) is 5.50. The van der Waals surface area contributed by atoms with E-state index in [0.717, 1.165) is 16.8 Å². The van der Waals surface area contributed by atoms with Gasteiger partial charge >= 0.3 is 0 Å². The van der Waals surface area contributed by atoms with Gasteiger partial charge in [-0.15, -0.1) is 0 Å². The molecule has 0 aliphatic heterocycles. The first-order valence-corrected chi connectivity index (χ1v) is 6.89. The van der Waals surface area contributed by atoms with Crippen LogP contribution in [0.2, 0.25) is 0 Å². The Morgan fingerprint density at radius 1 is 1.37 bits per heavy atom. The van der Waals surface area contributed by atoms with Gasteiger partial charge in [-0.05, 0) is 54.9 Å². The van der Waals surface area contributed by atoms with Crippen molar-refractivity contribution in [3.63, 3.8) is 0 Å². The Balaban J connectivity index is 2.28.